The normalized spacial score (nSPS) is 54.3. The van der Waals surface area contributed by atoms with Gasteiger partial charge in [0.2, 0.25) is 0 Å². The van der Waals surface area contributed by atoms with Gasteiger partial charge < -0.3 is 4.74 Å². The molecule has 1 heteroatoms. The summed E-state index contributed by atoms with van der Waals surface area (Å²) in [6, 6.07) is 0. The minimum absolute atomic E-state index is 0.274. The van der Waals surface area contributed by atoms with Crippen molar-refractivity contribution in [3.8, 4) is 0 Å². The van der Waals surface area contributed by atoms with Crippen molar-refractivity contribution < 1.29 is 4.74 Å². The zero-order chi connectivity index (χ0) is 23.3. The predicted molar refractivity (Wildman–Crippen MR) is 135 cm³/mol. The van der Waals surface area contributed by atoms with Crippen LogP contribution in [0.3, 0.4) is 0 Å². The summed E-state index contributed by atoms with van der Waals surface area (Å²) in [7, 11) is 1.94. The number of hydrogen-bond donors (Lipinski definition) is 0. The number of allylic oxidation sites excluding steroid dienone is 2. The summed E-state index contributed by atoms with van der Waals surface area (Å²) in [5, 5.41) is 0. The molecule has 0 heterocycles. The second-order valence-corrected chi connectivity index (χ2v) is 14.9. The summed E-state index contributed by atoms with van der Waals surface area (Å²) in [6.45, 7) is 20.9. The van der Waals surface area contributed by atoms with Crippen LogP contribution in [0.4, 0.5) is 0 Å². The Balaban J connectivity index is 1.54. The van der Waals surface area contributed by atoms with Crippen LogP contribution in [0.2, 0.25) is 0 Å². The van der Waals surface area contributed by atoms with Crippen LogP contribution in [-0.4, -0.2) is 13.2 Å². The highest BCUT2D eigenvalue weighted by atomic mass is 16.5. The molecule has 5 rings (SSSR count). The van der Waals surface area contributed by atoms with Crippen LogP contribution >= 0.6 is 0 Å². The first-order valence-electron chi connectivity index (χ1n) is 14.1. The van der Waals surface area contributed by atoms with Gasteiger partial charge in [0.15, 0.2) is 0 Å². The van der Waals surface area contributed by atoms with Crippen LogP contribution in [-0.2, 0) is 4.74 Å². The quantitative estimate of drug-likeness (QED) is 0.390. The monoisotopic (exact) mass is 440 g/mol. The van der Waals surface area contributed by atoms with E-state index in [4.69, 9.17) is 4.74 Å². The van der Waals surface area contributed by atoms with Crippen LogP contribution in [0.25, 0.3) is 0 Å². The fraction of sp³-hybridized carbons (Fsp3) is 0.935. The third kappa shape index (κ3) is 2.67. The smallest absolute Gasteiger partial charge is 0.0625 e. The molecule has 182 valence electrons. The van der Waals surface area contributed by atoms with Crippen molar-refractivity contribution in [2.45, 2.75) is 119 Å². The van der Waals surface area contributed by atoms with Gasteiger partial charge in [-0.05, 0) is 114 Å². The maximum absolute atomic E-state index is 6.03. The van der Waals surface area contributed by atoms with E-state index in [2.05, 4.69) is 61.5 Å². The van der Waals surface area contributed by atoms with Gasteiger partial charge in [-0.15, -0.1) is 0 Å². The molecule has 0 aromatic carbocycles. The second-order valence-electron chi connectivity index (χ2n) is 14.9. The molecule has 0 radical (unpaired) electrons. The average Bonchev–Trinajstić information content (AvgIpc) is 3.08. The molecular weight excluding hydrogens is 388 g/mol. The first-order valence-corrected chi connectivity index (χ1v) is 14.1. The molecule has 0 aromatic rings. The van der Waals surface area contributed by atoms with Gasteiger partial charge >= 0.3 is 0 Å². The van der Waals surface area contributed by atoms with E-state index in [0.717, 1.165) is 29.6 Å². The van der Waals surface area contributed by atoms with E-state index in [9.17, 15) is 0 Å². The Kier molecular flexibility index (Phi) is 5.21. The van der Waals surface area contributed by atoms with E-state index in [0.29, 0.717) is 27.8 Å². The summed E-state index contributed by atoms with van der Waals surface area (Å²) in [4.78, 5) is 0. The molecule has 9 atom stereocenters. The van der Waals surface area contributed by atoms with Gasteiger partial charge in [-0.2, -0.15) is 0 Å². The standard InChI is InChI=1S/C31H52O/c1-20(2)21-10-13-25-29(21,6)18-19-30(7)23-11-12-24-27(3,4)26(32-9)15-16-28(24,5)22(23)14-17-31(25,30)8/h14,20-21,23-26H,10-13,15-19H2,1-9H3/t21?,23?,24?,25-,26+,28-,29?,30-,31?/m1/s1. The molecule has 4 saturated carbocycles. The van der Waals surface area contributed by atoms with Crippen LogP contribution in [0.15, 0.2) is 11.6 Å². The predicted octanol–water partition coefficient (Wildman–Crippen LogP) is 8.68. The van der Waals surface area contributed by atoms with Crippen molar-refractivity contribution in [2.75, 3.05) is 7.11 Å². The molecule has 0 spiro atoms. The molecule has 0 saturated heterocycles. The SMILES string of the molecule is CO[C@H]1CC[C@]2(C)C3=CCC4(C)[C@@H]5CCC(C(C)C)C5(C)CC[C@]4(C)C3CCC2C1(C)C. The largest absolute Gasteiger partial charge is 0.381 e. The Morgan fingerprint density at radius 3 is 2.16 bits per heavy atom. The topological polar surface area (TPSA) is 9.23 Å². The Bertz CT molecular complexity index is 792. The number of rotatable bonds is 2. The molecule has 5 aliphatic carbocycles. The maximum Gasteiger partial charge on any atom is 0.0625 e. The van der Waals surface area contributed by atoms with Gasteiger partial charge in [0, 0.05) is 7.11 Å². The van der Waals surface area contributed by atoms with E-state index < -0.39 is 0 Å². The van der Waals surface area contributed by atoms with E-state index in [1.807, 2.05) is 12.7 Å². The van der Waals surface area contributed by atoms with Crippen molar-refractivity contribution in [2.24, 2.45) is 56.7 Å². The van der Waals surface area contributed by atoms with Gasteiger partial charge in [0.05, 0.1) is 6.10 Å². The highest BCUT2D eigenvalue weighted by Gasteiger charge is 2.68. The van der Waals surface area contributed by atoms with Crippen LogP contribution < -0.4 is 0 Å². The van der Waals surface area contributed by atoms with Crippen LogP contribution in [0, 0.1) is 56.7 Å². The van der Waals surface area contributed by atoms with Crippen molar-refractivity contribution in [1.82, 2.24) is 0 Å². The number of methoxy groups -OCH3 is 1. The Morgan fingerprint density at radius 1 is 0.812 bits per heavy atom. The van der Waals surface area contributed by atoms with Crippen molar-refractivity contribution in [1.29, 1.82) is 0 Å². The molecular formula is C31H52O. The lowest BCUT2D eigenvalue weighted by Crippen LogP contribution is -2.62. The summed E-state index contributed by atoms with van der Waals surface area (Å²) in [5.41, 5.74) is 4.05. The zero-order valence-corrected chi connectivity index (χ0v) is 22.8. The third-order valence-electron chi connectivity index (χ3n) is 13.5. The molecule has 1 nitrogen and oxygen atoms in total. The van der Waals surface area contributed by atoms with Crippen LogP contribution in [0.5, 0.6) is 0 Å². The molecule has 0 amide bonds. The molecule has 5 aliphatic rings. The first-order chi connectivity index (χ1) is 14.9. The highest BCUT2D eigenvalue weighted by molar-refractivity contribution is 5.33. The number of fused-ring (bicyclic) bond motifs is 7. The maximum atomic E-state index is 6.03. The minimum Gasteiger partial charge on any atom is -0.381 e. The average molecular weight is 441 g/mol. The zero-order valence-electron chi connectivity index (χ0n) is 22.8. The van der Waals surface area contributed by atoms with Gasteiger partial charge in [-0.1, -0.05) is 67.0 Å². The van der Waals surface area contributed by atoms with E-state index in [1.165, 1.54) is 57.8 Å². The Hall–Kier alpha value is -0.300. The molecule has 0 N–H and O–H groups in total. The fourth-order valence-corrected chi connectivity index (χ4v) is 11.7. The minimum atomic E-state index is 0.274. The van der Waals surface area contributed by atoms with E-state index >= 15 is 0 Å². The number of hydrogen-bond acceptors (Lipinski definition) is 1. The number of ether oxygens (including phenoxy) is 1. The highest BCUT2D eigenvalue weighted by Crippen LogP contribution is 2.76. The van der Waals surface area contributed by atoms with E-state index in [1.54, 1.807) is 0 Å². The summed E-state index contributed by atoms with van der Waals surface area (Å²) in [5.74, 6) is 4.23. The van der Waals surface area contributed by atoms with Crippen LogP contribution in [0.1, 0.15) is 113 Å². The second kappa shape index (κ2) is 7.11. The van der Waals surface area contributed by atoms with Gasteiger partial charge in [-0.3, -0.25) is 0 Å². The van der Waals surface area contributed by atoms with Gasteiger partial charge in [0.1, 0.15) is 0 Å². The molecule has 32 heavy (non-hydrogen) atoms. The molecule has 0 bridgehead atoms. The Labute approximate surface area is 199 Å². The lowest BCUT2D eigenvalue weighted by atomic mass is 9.35. The Morgan fingerprint density at radius 2 is 1.50 bits per heavy atom. The van der Waals surface area contributed by atoms with Crippen molar-refractivity contribution in [3.63, 3.8) is 0 Å². The fourth-order valence-electron chi connectivity index (χ4n) is 11.7. The molecule has 5 unspecified atom stereocenters. The lowest BCUT2D eigenvalue weighted by Gasteiger charge is -2.69. The third-order valence-corrected chi connectivity index (χ3v) is 13.5. The van der Waals surface area contributed by atoms with Gasteiger partial charge in [-0.25, -0.2) is 0 Å². The summed E-state index contributed by atoms with van der Waals surface area (Å²) >= 11 is 0. The van der Waals surface area contributed by atoms with E-state index in [-0.39, 0.29) is 5.41 Å². The summed E-state index contributed by atoms with van der Waals surface area (Å²) in [6.07, 6.45) is 15.8. The summed E-state index contributed by atoms with van der Waals surface area (Å²) < 4.78 is 6.03. The molecule has 4 fully saturated rings. The first kappa shape index (κ1) is 23.4. The van der Waals surface area contributed by atoms with Crippen molar-refractivity contribution in [3.05, 3.63) is 11.6 Å². The lowest BCUT2D eigenvalue weighted by molar-refractivity contribution is -0.168. The molecule has 0 aliphatic heterocycles. The van der Waals surface area contributed by atoms with Gasteiger partial charge in [0.25, 0.3) is 0 Å². The molecule has 0 aromatic heterocycles. The van der Waals surface area contributed by atoms with Crippen molar-refractivity contribution >= 4 is 0 Å².